The number of aromatic nitrogens is 5. The second kappa shape index (κ2) is 9.49. The molecule has 174 valence electrons. The number of benzene rings is 2. The molecule has 1 aliphatic rings. The van der Waals surface area contributed by atoms with Crippen molar-refractivity contribution in [3.05, 3.63) is 59.9 Å². The number of halogens is 1. The van der Waals surface area contributed by atoms with E-state index in [4.69, 9.17) is 9.72 Å². The molecule has 5 rings (SSSR count). The Kier molecular flexibility index (Phi) is 6.11. The van der Waals surface area contributed by atoms with E-state index in [1.807, 2.05) is 24.3 Å². The summed E-state index contributed by atoms with van der Waals surface area (Å²) < 4.78 is 20.0. The van der Waals surface area contributed by atoms with Crippen LogP contribution in [0.25, 0.3) is 22.6 Å². The van der Waals surface area contributed by atoms with Crippen LogP contribution in [0, 0.1) is 5.82 Å². The number of aliphatic hydroxyl groups is 1. The number of ether oxygens (including phenoxy) is 1. The van der Waals surface area contributed by atoms with Crippen molar-refractivity contribution in [3.8, 4) is 11.4 Å². The van der Waals surface area contributed by atoms with E-state index in [9.17, 15) is 14.3 Å². The molecular weight excluding hydrogens is 441 g/mol. The van der Waals surface area contributed by atoms with Gasteiger partial charge in [0.2, 0.25) is 5.91 Å². The highest BCUT2D eigenvalue weighted by Gasteiger charge is 2.22. The molecule has 0 radical (unpaired) electrons. The van der Waals surface area contributed by atoms with Crippen LogP contribution in [-0.2, 0) is 22.7 Å². The Morgan fingerprint density at radius 2 is 1.91 bits per heavy atom. The molecule has 11 heteroatoms. The van der Waals surface area contributed by atoms with Gasteiger partial charge in [0.1, 0.15) is 12.4 Å². The van der Waals surface area contributed by atoms with E-state index in [-0.39, 0.29) is 24.9 Å². The summed E-state index contributed by atoms with van der Waals surface area (Å²) in [6, 6.07) is 12.8. The minimum absolute atomic E-state index is 0.102. The SMILES string of the molecule is O=C(Cn1nnc2c(N3CCOCC3)nc(-c3cccc(CO)c3)nc21)Nc1ccc(F)cc1. The fraction of sp³-hybridized carbons (Fsp3) is 0.261. The van der Waals surface area contributed by atoms with Gasteiger partial charge in [-0.2, -0.15) is 0 Å². The Hall–Kier alpha value is -3.96. The summed E-state index contributed by atoms with van der Waals surface area (Å²) in [5.41, 5.74) is 2.83. The van der Waals surface area contributed by atoms with E-state index in [1.165, 1.54) is 28.9 Å². The number of nitrogens with one attached hydrogen (secondary N) is 1. The van der Waals surface area contributed by atoms with Crippen molar-refractivity contribution in [2.75, 3.05) is 36.5 Å². The van der Waals surface area contributed by atoms with Crippen LogP contribution in [0.15, 0.2) is 48.5 Å². The van der Waals surface area contributed by atoms with Crippen molar-refractivity contribution < 1.29 is 19.0 Å². The Labute approximate surface area is 194 Å². The molecule has 10 nitrogen and oxygen atoms in total. The second-order valence-electron chi connectivity index (χ2n) is 7.80. The largest absolute Gasteiger partial charge is 0.392 e. The van der Waals surface area contributed by atoms with Gasteiger partial charge in [-0.25, -0.2) is 19.0 Å². The number of aliphatic hydroxyl groups excluding tert-OH is 1. The first-order valence-corrected chi connectivity index (χ1v) is 10.8. The molecule has 0 atom stereocenters. The van der Waals surface area contributed by atoms with Crippen LogP contribution in [0.2, 0.25) is 0 Å². The smallest absolute Gasteiger partial charge is 0.246 e. The lowest BCUT2D eigenvalue weighted by atomic mass is 10.1. The number of hydrogen-bond donors (Lipinski definition) is 2. The van der Waals surface area contributed by atoms with Crippen LogP contribution in [0.1, 0.15) is 5.56 Å². The van der Waals surface area contributed by atoms with Crippen molar-refractivity contribution in [3.63, 3.8) is 0 Å². The molecular formula is C23H22FN7O3. The van der Waals surface area contributed by atoms with Gasteiger partial charge in [0, 0.05) is 24.3 Å². The third-order valence-corrected chi connectivity index (χ3v) is 5.44. The number of carbonyl (C=O) groups excluding carboxylic acids is 1. The molecule has 1 amide bonds. The van der Waals surface area contributed by atoms with E-state index < -0.39 is 0 Å². The second-order valence-corrected chi connectivity index (χ2v) is 7.80. The maximum absolute atomic E-state index is 13.1. The molecule has 2 aromatic carbocycles. The molecule has 0 saturated carbocycles. The fourth-order valence-corrected chi connectivity index (χ4v) is 3.75. The average molecular weight is 463 g/mol. The zero-order valence-electron chi connectivity index (χ0n) is 18.2. The number of fused-ring (bicyclic) bond motifs is 1. The topological polar surface area (TPSA) is 118 Å². The molecule has 1 saturated heterocycles. The number of carbonyl (C=O) groups is 1. The van der Waals surface area contributed by atoms with E-state index in [1.54, 1.807) is 0 Å². The standard InChI is InChI=1S/C23H22FN7O3/c24-17-4-6-18(7-5-17)25-19(33)13-31-23-20(28-29-31)22(30-8-10-34-11-9-30)26-21(27-23)16-3-1-2-15(12-16)14-32/h1-7,12,32H,8-11,13-14H2,(H,25,33). The first-order chi connectivity index (χ1) is 16.6. The van der Waals surface area contributed by atoms with Gasteiger partial charge in [-0.15, -0.1) is 5.10 Å². The van der Waals surface area contributed by atoms with Gasteiger partial charge in [0.15, 0.2) is 22.8 Å². The summed E-state index contributed by atoms with van der Waals surface area (Å²) in [7, 11) is 0. The molecule has 2 aromatic heterocycles. The number of hydrogen-bond acceptors (Lipinski definition) is 8. The quantitative estimate of drug-likeness (QED) is 0.446. The zero-order valence-corrected chi connectivity index (χ0v) is 18.2. The Balaban J connectivity index is 1.52. The third kappa shape index (κ3) is 4.56. The van der Waals surface area contributed by atoms with Crippen molar-refractivity contribution in [1.82, 2.24) is 25.0 Å². The number of anilines is 2. The summed E-state index contributed by atoms with van der Waals surface area (Å²) >= 11 is 0. The van der Waals surface area contributed by atoms with Crippen molar-refractivity contribution in [1.29, 1.82) is 0 Å². The fourth-order valence-electron chi connectivity index (χ4n) is 3.75. The van der Waals surface area contributed by atoms with Crippen molar-refractivity contribution in [2.45, 2.75) is 13.2 Å². The lowest BCUT2D eigenvalue weighted by molar-refractivity contribution is -0.116. The van der Waals surface area contributed by atoms with Gasteiger partial charge in [-0.1, -0.05) is 23.4 Å². The summed E-state index contributed by atoms with van der Waals surface area (Å²) in [5.74, 6) is 0.314. The first kappa shape index (κ1) is 21.9. The molecule has 0 bridgehead atoms. The summed E-state index contributed by atoms with van der Waals surface area (Å²) in [6.45, 7) is 2.17. The van der Waals surface area contributed by atoms with Crippen LogP contribution in [-0.4, -0.2) is 62.3 Å². The molecule has 1 aliphatic heterocycles. The van der Waals surface area contributed by atoms with Crippen LogP contribution >= 0.6 is 0 Å². The van der Waals surface area contributed by atoms with Gasteiger partial charge in [-0.05, 0) is 35.9 Å². The summed E-state index contributed by atoms with van der Waals surface area (Å²) in [4.78, 5) is 24.1. The van der Waals surface area contributed by atoms with Gasteiger partial charge in [0.05, 0.1) is 19.8 Å². The number of amides is 1. The highest BCUT2D eigenvalue weighted by molar-refractivity contribution is 5.92. The molecule has 34 heavy (non-hydrogen) atoms. The molecule has 4 aromatic rings. The summed E-state index contributed by atoms with van der Waals surface area (Å²) in [6.07, 6.45) is 0. The molecule has 0 unspecified atom stereocenters. The van der Waals surface area contributed by atoms with Crippen molar-refractivity contribution >= 4 is 28.6 Å². The lowest BCUT2D eigenvalue weighted by Gasteiger charge is -2.28. The molecule has 2 N–H and O–H groups in total. The van der Waals surface area contributed by atoms with Crippen LogP contribution in [0.5, 0.6) is 0 Å². The monoisotopic (exact) mass is 463 g/mol. The van der Waals surface area contributed by atoms with Gasteiger partial charge in [0.25, 0.3) is 0 Å². The Bertz CT molecular complexity index is 1320. The van der Waals surface area contributed by atoms with Crippen LogP contribution in [0.4, 0.5) is 15.9 Å². The lowest BCUT2D eigenvalue weighted by Crippen LogP contribution is -2.37. The zero-order chi connectivity index (χ0) is 23.5. The Morgan fingerprint density at radius 1 is 1.12 bits per heavy atom. The highest BCUT2D eigenvalue weighted by Crippen LogP contribution is 2.27. The van der Waals surface area contributed by atoms with E-state index in [0.29, 0.717) is 54.8 Å². The van der Waals surface area contributed by atoms with E-state index in [2.05, 4.69) is 25.5 Å². The predicted molar refractivity (Wildman–Crippen MR) is 123 cm³/mol. The summed E-state index contributed by atoms with van der Waals surface area (Å²) in [5, 5.41) is 20.7. The third-order valence-electron chi connectivity index (χ3n) is 5.44. The minimum Gasteiger partial charge on any atom is -0.392 e. The van der Waals surface area contributed by atoms with E-state index in [0.717, 1.165) is 11.1 Å². The van der Waals surface area contributed by atoms with Crippen LogP contribution in [0.3, 0.4) is 0 Å². The van der Waals surface area contributed by atoms with Gasteiger partial charge < -0.3 is 20.1 Å². The van der Waals surface area contributed by atoms with Gasteiger partial charge in [-0.3, -0.25) is 4.79 Å². The van der Waals surface area contributed by atoms with Crippen molar-refractivity contribution in [2.24, 2.45) is 0 Å². The molecule has 0 aliphatic carbocycles. The predicted octanol–water partition coefficient (Wildman–Crippen LogP) is 1.99. The molecule has 1 fully saturated rings. The maximum atomic E-state index is 13.1. The number of nitrogens with zero attached hydrogens (tertiary/aromatic N) is 6. The number of morpholine rings is 1. The maximum Gasteiger partial charge on any atom is 0.246 e. The molecule has 0 spiro atoms. The minimum atomic E-state index is -0.384. The normalized spacial score (nSPS) is 13.9. The number of rotatable bonds is 6. The average Bonchev–Trinajstić information content (AvgIpc) is 3.28. The highest BCUT2D eigenvalue weighted by atomic mass is 19.1. The van der Waals surface area contributed by atoms with E-state index >= 15 is 0 Å². The van der Waals surface area contributed by atoms with Gasteiger partial charge >= 0.3 is 0 Å². The van der Waals surface area contributed by atoms with Crippen LogP contribution < -0.4 is 10.2 Å². The Morgan fingerprint density at radius 3 is 2.68 bits per heavy atom. The molecule has 3 heterocycles. The first-order valence-electron chi connectivity index (χ1n) is 10.8.